The molecule has 0 saturated heterocycles. The minimum atomic E-state index is -3.98. The molecule has 0 radical (unpaired) electrons. The molecule has 0 rings (SSSR count). The number of hydrogen-bond donors (Lipinski definition) is 4. The van der Waals surface area contributed by atoms with Crippen molar-refractivity contribution in [2.75, 3.05) is 25.0 Å². The molecule has 14 heavy (non-hydrogen) atoms. The van der Waals surface area contributed by atoms with Crippen LogP contribution in [0.1, 0.15) is 6.42 Å². The van der Waals surface area contributed by atoms with Gasteiger partial charge in [-0.2, -0.15) is 8.42 Å². The molecule has 9 heteroatoms. The highest BCUT2D eigenvalue weighted by molar-refractivity contribution is 7.85. The Morgan fingerprint density at radius 3 is 2.21 bits per heavy atom. The van der Waals surface area contributed by atoms with Crippen molar-refractivity contribution in [2.45, 2.75) is 6.42 Å². The topological polar surface area (TPSA) is 124 Å². The fourth-order valence-electron chi connectivity index (χ4n) is 0.729. The zero-order chi connectivity index (χ0) is 11.2. The average molecular weight is 247 g/mol. The fourth-order valence-corrected chi connectivity index (χ4v) is 1.69. The fraction of sp³-hybridized carbons (Fsp3) is 1.00. The van der Waals surface area contributed by atoms with Crippen molar-refractivity contribution in [3.63, 3.8) is 0 Å². The Kier molecular flexibility index (Phi) is 5.80. The zero-order valence-electron chi connectivity index (χ0n) is 7.46. The first-order valence-corrected chi connectivity index (χ1v) is 7.32. The third-order valence-corrected chi connectivity index (χ3v) is 2.95. The van der Waals surface area contributed by atoms with Gasteiger partial charge in [0.05, 0.1) is 11.9 Å². The third-order valence-electron chi connectivity index (χ3n) is 1.34. The molecule has 0 aliphatic rings. The molecule has 0 aliphatic carbocycles. The van der Waals surface area contributed by atoms with Gasteiger partial charge in [-0.25, -0.2) is 0 Å². The van der Waals surface area contributed by atoms with Crippen molar-refractivity contribution in [2.24, 2.45) is 0 Å². The molecule has 0 heterocycles. The molecule has 0 aromatic rings. The highest BCUT2D eigenvalue weighted by Gasteiger charge is 2.11. The molecule has 0 bridgehead atoms. The molecule has 0 aliphatic heterocycles. The van der Waals surface area contributed by atoms with Gasteiger partial charge in [-0.05, 0) is 13.0 Å². The summed E-state index contributed by atoms with van der Waals surface area (Å²) in [6, 6.07) is 0. The van der Waals surface area contributed by atoms with E-state index in [9.17, 15) is 13.0 Å². The molecule has 0 unspecified atom stereocenters. The van der Waals surface area contributed by atoms with E-state index in [2.05, 4.69) is 5.32 Å². The summed E-state index contributed by atoms with van der Waals surface area (Å²) < 4.78 is 39.1. The summed E-state index contributed by atoms with van der Waals surface area (Å²) in [7, 11) is -7.91. The Bertz CT molecular complexity index is 295. The van der Waals surface area contributed by atoms with Crippen LogP contribution in [-0.4, -0.2) is 47.8 Å². The summed E-state index contributed by atoms with van der Waals surface area (Å²) in [6.45, 7) is 0.412. The molecule has 0 saturated carbocycles. The highest BCUT2D eigenvalue weighted by atomic mass is 32.2. The minimum Gasteiger partial charge on any atom is -0.324 e. The summed E-state index contributed by atoms with van der Waals surface area (Å²) in [5.74, 6) is -0.351. The van der Waals surface area contributed by atoms with E-state index in [1.54, 1.807) is 0 Å². The quantitative estimate of drug-likeness (QED) is 0.259. The average Bonchev–Trinajstić information content (AvgIpc) is 1.92. The van der Waals surface area contributed by atoms with E-state index >= 15 is 0 Å². The first-order valence-electron chi connectivity index (χ1n) is 3.91. The van der Waals surface area contributed by atoms with Gasteiger partial charge in [0.25, 0.3) is 10.1 Å². The Labute approximate surface area is 82.4 Å². The lowest BCUT2D eigenvalue weighted by Crippen LogP contribution is -2.21. The molecule has 0 atom stereocenters. The predicted octanol–water partition coefficient (Wildman–Crippen LogP) is -0.968. The van der Waals surface area contributed by atoms with Crippen LogP contribution in [0, 0.1) is 0 Å². The van der Waals surface area contributed by atoms with Gasteiger partial charge in [0, 0.05) is 6.54 Å². The van der Waals surface area contributed by atoms with Crippen LogP contribution in [0.25, 0.3) is 0 Å². The molecule has 86 valence electrons. The van der Waals surface area contributed by atoms with E-state index in [1.165, 1.54) is 0 Å². The number of rotatable bonds is 7. The van der Waals surface area contributed by atoms with Crippen LogP contribution >= 0.6 is 7.60 Å². The van der Waals surface area contributed by atoms with Crippen molar-refractivity contribution < 1.29 is 27.3 Å². The second-order valence-corrected chi connectivity index (χ2v) is 6.13. The Morgan fingerprint density at radius 1 is 1.21 bits per heavy atom. The minimum absolute atomic E-state index is 0.121. The molecule has 0 amide bonds. The maximum atomic E-state index is 10.3. The van der Waals surface area contributed by atoms with E-state index in [4.69, 9.17) is 14.3 Å². The van der Waals surface area contributed by atoms with E-state index in [0.29, 0.717) is 6.54 Å². The predicted molar refractivity (Wildman–Crippen MR) is 50.8 cm³/mol. The zero-order valence-corrected chi connectivity index (χ0v) is 9.17. The van der Waals surface area contributed by atoms with Gasteiger partial charge in [0.1, 0.15) is 0 Å². The lowest BCUT2D eigenvalue weighted by atomic mass is 10.5. The summed E-state index contributed by atoms with van der Waals surface area (Å²) in [5.41, 5.74) is 0. The third kappa shape index (κ3) is 12.0. The lowest BCUT2D eigenvalue weighted by Gasteiger charge is -2.04. The van der Waals surface area contributed by atoms with Crippen molar-refractivity contribution in [3.8, 4) is 0 Å². The van der Waals surface area contributed by atoms with Crippen LogP contribution in [-0.2, 0) is 14.7 Å². The maximum Gasteiger partial charge on any atom is 0.326 e. The van der Waals surface area contributed by atoms with Crippen molar-refractivity contribution in [3.05, 3.63) is 0 Å². The lowest BCUT2D eigenvalue weighted by molar-refractivity contribution is 0.371. The second kappa shape index (κ2) is 5.79. The van der Waals surface area contributed by atoms with Gasteiger partial charge in [0.2, 0.25) is 0 Å². The number of hydrogen-bond acceptors (Lipinski definition) is 4. The van der Waals surface area contributed by atoms with Crippen LogP contribution < -0.4 is 5.32 Å². The monoisotopic (exact) mass is 247 g/mol. The Hall–Kier alpha value is 0.0200. The standard InChI is InChI=1S/C5H14NO6PS/c7-13(8,9)4-3-6-2-1-5-14(10,11)12/h6H,1-5H2,(H2,7,8,9)(H,10,11,12). The van der Waals surface area contributed by atoms with E-state index in [0.717, 1.165) is 0 Å². The van der Waals surface area contributed by atoms with Gasteiger partial charge in [0.15, 0.2) is 0 Å². The van der Waals surface area contributed by atoms with Crippen LogP contribution in [0.2, 0.25) is 0 Å². The summed E-state index contributed by atoms with van der Waals surface area (Å²) in [4.78, 5) is 16.9. The normalized spacial score (nSPS) is 13.1. The molecule has 0 aromatic heterocycles. The maximum absolute atomic E-state index is 10.3. The van der Waals surface area contributed by atoms with Gasteiger partial charge in [-0.3, -0.25) is 9.12 Å². The molecule has 0 fully saturated rings. The van der Waals surface area contributed by atoms with Gasteiger partial charge in [-0.15, -0.1) is 0 Å². The Morgan fingerprint density at radius 2 is 1.79 bits per heavy atom. The van der Waals surface area contributed by atoms with Crippen molar-refractivity contribution in [1.82, 2.24) is 5.32 Å². The van der Waals surface area contributed by atoms with Gasteiger partial charge in [-0.1, -0.05) is 0 Å². The Balaban J connectivity index is 3.36. The van der Waals surface area contributed by atoms with Gasteiger partial charge >= 0.3 is 7.60 Å². The first kappa shape index (κ1) is 14.0. The van der Waals surface area contributed by atoms with Crippen LogP contribution in [0.5, 0.6) is 0 Å². The number of nitrogens with one attached hydrogen (secondary N) is 1. The molecule has 4 N–H and O–H groups in total. The molecular formula is C5H14NO6PS. The van der Waals surface area contributed by atoms with E-state index in [-0.39, 0.29) is 24.9 Å². The smallest absolute Gasteiger partial charge is 0.324 e. The SMILES string of the molecule is O=P(O)(O)CCNCCCS(=O)(=O)O. The largest absolute Gasteiger partial charge is 0.326 e. The summed E-state index contributed by atoms with van der Waals surface area (Å²) in [5, 5.41) is 2.65. The first-order chi connectivity index (χ1) is 6.21. The van der Waals surface area contributed by atoms with Gasteiger partial charge < -0.3 is 15.1 Å². The second-order valence-electron chi connectivity index (χ2n) is 2.78. The van der Waals surface area contributed by atoms with E-state index in [1.807, 2.05) is 0 Å². The van der Waals surface area contributed by atoms with Crippen molar-refractivity contribution in [1.29, 1.82) is 0 Å². The van der Waals surface area contributed by atoms with Crippen LogP contribution in [0.4, 0.5) is 0 Å². The van der Waals surface area contributed by atoms with E-state index < -0.39 is 17.7 Å². The van der Waals surface area contributed by atoms with Crippen molar-refractivity contribution >= 4 is 17.7 Å². The molecular weight excluding hydrogens is 233 g/mol. The molecule has 0 aromatic carbocycles. The van der Waals surface area contributed by atoms with Crippen LogP contribution in [0.3, 0.4) is 0 Å². The molecule has 7 nitrogen and oxygen atoms in total. The summed E-state index contributed by atoms with van der Waals surface area (Å²) in [6.07, 6.45) is -0.0706. The highest BCUT2D eigenvalue weighted by Crippen LogP contribution is 2.32. The van der Waals surface area contributed by atoms with Crippen LogP contribution in [0.15, 0.2) is 0 Å². The molecule has 0 spiro atoms. The summed E-state index contributed by atoms with van der Waals surface area (Å²) >= 11 is 0.